The van der Waals surface area contributed by atoms with E-state index in [2.05, 4.69) is 15.5 Å². The maximum Gasteiger partial charge on any atom is 0.317 e. The first-order valence-corrected chi connectivity index (χ1v) is 11.2. The Bertz CT molecular complexity index is 781. The van der Waals surface area contributed by atoms with E-state index in [0.29, 0.717) is 50.5 Å². The molecule has 0 unspecified atom stereocenters. The van der Waals surface area contributed by atoms with Crippen LogP contribution >= 0.6 is 0 Å². The van der Waals surface area contributed by atoms with Crippen LogP contribution in [0.1, 0.15) is 51.9 Å². The molecule has 1 saturated heterocycles. The van der Waals surface area contributed by atoms with Gasteiger partial charge in [0.25, 0.3) is 5.91 Å². The Hall–Kier alpha value is -2.77. The van der Waals surface area contributed by atoms with Gasteiger partial charge in [0.05, 0.1) is 5.56 Å². The molecule has 0 aromatic heterocycles. The van der Waals surface area contributed by atoms with Crippen molar-refractivity contribution in [1.82, 2.24) is 15.1 Å². The molecule has 0 spiro atoms. The van der Waals surface area contributed by atoms with Crippen molar-refractivity contribution in [3.63, 3.8) is 0 Å². The first kappa shape index (κ1) is 24.5. The molecule has 0 radical (unpaired) electrons. The molecule has 1 aromatic carbocycles. The first-order chi connectivity index (χ1) is 14.7. The first-order valence-electron chi connectivity index (χ1n) is 11.2. The van der Waals surface area contributed by atoms with Crippen molar-refractivity contribution in [2.45, 2.75) is 47.6 Å². The number of carbonyl (C=O) groups excluding carboxylic acids is 3. The van der Waals surface area contributed by atoms with Crippen molar-refractivity contribution >= 4 is 29.2 Å². The van der Waals surface area contributed by atoms with Gasteiger partial charge in [-0.05, 0) is 45.9 Å². The highest BCUT2D eigenvalue weighted by Crippen LogP contribution is 2.27. The van der Waals surface area contributed by atoms with Crippen LogP contribution < -0.4 is 15.5 Å². The Kier molecular flexibility index (Phi) is 8.71. The second-order valence-corrected chi connectivity index (χ2v) is 8.43. The molecule has 0 bridgehead atoms. The zero-order chi connectivity index (χ0) is 23.1. The molecule has 0 atom stereocenters. The second kappa shape index (κ2) is 11.0. The van der Waals surface area contributed by atoms with Gasteiger partial charge in [-0.25, -0.2) is 4.79 Å². The van der Waals surface area contributed by atoms with Crippen molar-refractivity contribution in [2.75, 3.05) is 49.5 Å². The smallest absolute Gasteiger partial charge is 0.317 e. The van der Waals surface area contributed by atoms with Crippen molar-refractivity contribution in [1.29, 1.82) is 0 Å². The number of hydrogen-bond acceptors (Lipinski definition) is 4. The quantitative estimate of drug-likeness (QED) is 0.695. The van der Waals surface area contributed by atoms with Crippen molar-refractivity contribution in [2.24, 2.45) is 5.92 Å². The number of carbonyl (C=O) groups is 3. The van der Waals surface area contributed by atoms with Crippen LogP contribution in [-0.2, 0) is 4.79 Å². The number of nitrogens with zero attached hydrogens (tertiary/aromatic N) is 3. The Morgan fingerprint density at radius 3 is 2.13 bits per heavy atom. The highest BCUT2D eigenvalue weighted by Gasteiger charge is 2.26. The summed E-state index contributed by atoms with van der Waals surface area (Å²) < 4.78 is 0. The second-order valence-electron chi connectivity index (χ2n) is 8.43. The molecule has 2 rings (SSSR count). The highest BCUT2D eigenvalue weighted by atomic mass is 16.2. The Morgan fingerprint density at radius 2 is 1.61 bits per heavy atom. The SMILES string of the molecule is CCN(CC)C(=O)c1cc(NC(=O)C(C)C)ccc1N1CCN(C(=O)NC(C)C)CC1. The van der Waals surface area contributed by atoms with E-state index in [-0.39, 0.29) is 29.8 Å². The topological polar surface area (TPSA) is 85.0 Å². The third kappa shape index (κ3) is 6.35. The molecule has 1 aliphatic heterocycles. The van der Waals surface area contributed by atoms with Gasteiger partial charge in [0, 0.05) is 62.6 Å². The average Bonchev–Trinajstić information content (AvgIpc) is 2.74. The number of nitrogens with one attached hydrogen (secondary N) is 2. The predicted octanol–water partition coefficient (Wildman–Crippen LogP) is 3.00. The van der Waals surface area contributed by atoms with Crippen LogP contribution in [0.4, 0.5) is 16.2 Å². The number of piperazine rings is 1. The van der Waals surface area contributed by atoms with E-state index in [9.17, 15) is 14.4 Å². The predicted molar refractivity (Wildman–Crippen MR) is 125 cm³/mol. The van der Waals surface area contributed by atoms with Gasteiger partial charge in [0.2, 0.25) is 5.91 Å². The number of rotatable bonds is 7. The van der Waals surface area contributed by atoms with E-state index in [1.54, 1.807) is 15.9 Å². The van der Waals surface area contributed by atoms with Gasteiger partial charge in [-0.2, -0.15) is 0 Å². The van der Waals surface area contributed by atoms with E-state index in [4.69, 9.17) is 0 Å². The molecule has 0 aliphatic carbocycles. The molecule has 1 fully saturated rings. The lowest BCUT2D eigenvalue weighted by molar-refractivity contribution is -0.118. The zero-order valence-corrected chi connectivity index (χ0v) is 19.7. The van der Waals surface area contributed by atoms with Crippen LogP contribution in [0, 0.1) is 5.92 Å². The van der Waals surface area contributed by atoms with Crippen LogP contribution in [0.15, 0.2) is 18.2 Å². The third-order valence-electron chi connectivity index (χ3n) is 5.39. The summed E-state index contributed by atoms with van der Waals surface area (Å²) in [6.07, 6.45) is 0. The van der Waals surface area contributed by atoms with Gasteiger partial charge in [-0.15, -0.1) is 0 Å². The maximum atomic E-state index is 13.2. The molecular weight excluding hydrogens is 394 g/mol. The summed E-state index contributed by atoms with van der Waals surface area (Å²) in [6, 6.07) is 5.55. The van der Waals surface area contributed by atoms with Crippen LogP contribution in [0.2, 0.25) is 0 Å². The van der Waals surface area contributed by atoms with Crippen LogP contribution in [-0.4, -0.2) is 73.0 Å². The minimum Gasteiger partial charge on any atom is -0.367 e. The fraction of sp³-hybridized carbons (Fsp3) is 0.609. The summed E-state index contributed by atoms with van der Waals surface area (Å²) in [5, 5.41) is 5.82. The summed E-state index contributed by atoms with van der Waals surface area (Å²) in [5.74, 6) is -0.286. The van der Waals surface area contributed by atoms with Crippen LogP contribution in [0.5, 0.6) is 0 Å². The summed E-state index contributed by atoms with van der Waals surface area (Å²) in [5.41, 5.74) is 2.03. The van der Waals surface area contributed by atoms with Crippen molar-refractivity contribution < 1.29 is 14.4 Å². The standard InChI is InChI=1S/C23H37N5O3/c1-7-26(8-2)22(30)19-15-18(25-21(29)16(3)4)9-10-20(19)27-11-13-28(14-12-27)23(31)24-17(5)6/h9-10,15-17H,7-8,11-14H2,1-6H3,(H,24,31)(H,25,29). The normalized spacial score (nSPS) is 14.1. The van der Waals surface area contributed by atoms with Gasteiger partial charge >= 0.3 is 6.03 Å². The molecule has 172 valence electrons. The van der Waals surface area contributed by atoms with Gasteiger partial charge < -0.3 is 25.3 Å². The number of benzene rings is 1. The molecule has 8 heteroatoms. The molecule has 1 aromatic rings. The Labute approximate surface area is 185 Å². The minimum absolute atomic E-state index is 0.0548. The van der Waals surface area contributed by atoms with Gasteiger partial charge in [-0.1, -0.05) is 13.8 Å². The number of urea groups is 1. The summed E-state index contributed by atoms with van der Waals surface area (Å²) in [6.45, 7) is 15.1. The molecule has 4 amide bonds. The fourth-order valence-electron chi connectivity index (χ4n) is 3.52. The van der Waals surface area contributed by atoms with E-state index >= 15 is 0 Å². The van der Waals surface area contributed by atoms with Crippen molar-refractivity contribution in [3.8, 4) is 0 Å². The molecule has 31 heavy (non-hydrogen) atoms. The van der Waals surface area contributed by atoms with Gasteiger partial charge in [0.15, 0.2) is 0 Å². The lowest BCUT2D eigenvalue weighted by atomic mass is 10.1. The van der Waals surface area contributed by atoms with E-state index in [1.165, 1.54) is 0 Å². The van der Waals surface area contributed by atoms with E-state index < -0.39 is 0 Å². The monoisotopic (exact) mass is 431 g/mol. The lowest BCUT2D eigenvalue weighted by Gasteiger charge is -2.37. The van der Waals surface area contributed by atoms with Gasteiger partial charge in [0.1, 0.15) is 0 Å². The van der Waals surface area contributed by atoms with Crippen molar-refractivity contribution in [3.05, 3.63) is 23.8 Å². The van der Waals surface area contributed by atoms with E-state index in [0.717, 1.165) is 5.69 Å². The molecule has 2 N–H and O–H groups in total. The molecule has 8 nitrogen and oxygen atoms in total. The summed E-state index contributed by atoms with van der Waals surface area (Å²) in [7, 11) is 0. The molecular formula is C23H37N5O3. The van der Waals surface area contributed by atoms with Gasteiger partial charge in [-0.3, -0.25) is 9.59 Å². The average molecular weight is 432 g/mol. The molecule has 1 aliphatic rings. The van der Waals surface area contributed by atoms with E-state index in [1.807, 2.05) is 53.7 Å². The van der Waals surface area contributed by atoms with Crippen LogP contribution in [0.25, 0.3) is 0 Å². The highest BCUT2D eigenvalue weighted by molar-refractivity contribution is 6.02. The Morgan fingerprint density at radius 1 is 1.00 bits per heavy atom. The number of anilines is 2. The molecule has 1 heterocycles. The third-order valence-corrected chi connectivity index (χ3v) is 5.39. The number of amides is 4. The lowest BCUT2D eigenvalue weighted by Crippen LogP contribution is -2.53. The zero-order valence-electron chi connectivity index (χ0n) is 19.7. The summed E-state index contributed by atoms with van der Waals surface area (Å²) >= 11 is 0. The van der Waals surface area contributed by atoms with Crippen LogP contribution in [0.3, 0.4) is 0 Å². The largest absolute Gasteiger partial charge is 0.367 e. The summed E-state index contributed by atoms with van der Waals surface area (Å²) in [4.78, 5) is 43.4. The minimum atomic E-state index is -0.147. The Balaban J connectivity index is 2.26. The number of hydrogen-bond donors (Lipinski definition) is 2. The maximum absolute atomic E-state index is 13.2. The molecule has 0 saturated carbocycles. The fourth-order valence-corrected chi connectivity index (χ4v) is 3.52.